The number of hydrogen-bond acceptors (Lipinski definition) is 3. The Hall–Kier alpha value is -3.16. The second-order valence-electron chi connectivity index (χ2n) is 5.46. The van der Waals surface area contributed by atoms with E-state index in [9.17, 15) is 17.8 Å². The number of rotatable bonds is 4. The van der Waals surface area contributed by atoms with Crippen molar-refractivity contribution >= 4 is 27.5 Å². The largest absolute Gasteiger partial charge is 0.323 e. The molecule has 0 aromatic heterocycles. The SMILES string of the molecule is O=C(Nc1ccccc1)Nc1ccccc1-c1ccccc1S(=O)(=O)O. The zero-order valence-electron chi connectivity index (χ0n) is 13.6. The molecule has 0 heterocycles. The lowest BCUT2D eigenvalue weighted by molar-refractivity contribution is 0.262. The Morgan fingerprint density at radius 1 is 0.731 bits per heavy atom. The molecule has 0 aliphatic rings. The third-order valence-corrected chi connectivity index (χ3v) is 4.57. The van der Waals surface area contributed by atoms with Gasteiger partial charge in [0.15, 0.2) is 0 Å². The highest BCUT2D eigenvalue weighted by Gasteiger charge is 2.18. The second-order valence-corrected chi connectivity index (χ2v) is 6.85. The molecular formula is C19H16N2O4S. The first-order valence-corrected chi connectivity index (χ1v) is 9.18. The smallest absolute Gasteiger partial charge is 0.308 e. The monoisotopic (exact) mass is 368 g/mol. The lowest BCUT2D eigenvalue weighted by Gasteiger charge is -2.14. The fourth-order valence-corrected chi connectivity index (χ4v) is 3.25. The zero-order chi connectivity index (χ0) is 18.6. The van der Waals surface area contributed by atoms with Crippen LogP contribution in [0.4, 0.5) is 16.2 Å². The van der Waals surface area contributed by atoms with E-state index in [0.717, 1.165) is 0 Å². The molecule has 0 bridgehead atoms. The fraction of sp³-hybridized carbons (Fsp3) is 0. The van der Waals surface area contributed by atoms with E-state index in [1.165, 1.54) is 12.1 Å². The molecule has 0 aliphatic carbocycles. The Morgan fingerprint density at radius 2 is 1.31 bits per heavy atom. The number of carbonyl (C=O) groups is 1. The molecule has 3 rings (SSSR count). The Balaban J connectivity index is 1.94. The van der Waals surface area contributed by atoms with Crippen molar-refractivity contribution in [1.82, 2.24) is 0 Å². The van der Waals surface area contributed by atoms with Gasteiger partial charge >= 0.3 is 6.03 Å². The molecule has 0 aliphatic heterocycles. The first kappa shape index (κ1) is 17.7. The standard InChI is InChI=1S/C19H16N2O4S/c22-19(20-14-8-2-1-3-9-14)21-17-12-6-4-10-15(17)16-11-5-7-13-18(16)26(23,24)25/h1-13H,(H2,20,21,22)(H,23,24,25). The van der Waals surface area contributed by atoms with Crippen molar-refractivity contribution in [2.75, 3.05) is 10.6 Å². The van der Waals surface area contributed by atoms with Gasteiger partial charge in [0.2, 0.25) is 0 Å². The van der Waals surface area contributed by atoms with Gasteiger partial charge in [0.1, 0.15) is 4.90 Å². The van der Waals surface area contributed by atoms with Gasteiger partial charge in [-0.3, -0.25) is 4.55 Å². The van der Waals surface area contributed by atoms with Crippen LogP contribution in [0.1, 0.15) is 0 Å². The molecule has 0 atom stereocenters. The summed E-state index contributed by atoms with van der Waals surface area (Å²) in [4.78, 5) is 12.0. The number of amides is 2. The highest BCUT2D eigenvalue weighted by atomic mass is 32.2. The van der Waals surface area contributed by atoms with E-state index in [4.69, 9.17) is 0 Å². The maximum absolute atomic E-state index is 12.3. The Labute approximate surface area is 151 Å². The number of para-hydroxylation sites is 2. The summed E-state index contributed by atoms with van der Waals surface area (Å²) in [6.45, 7) is 0. The van der Waals surface area contributed by atoms with Crippen LogP contribution in [0, 0.1) is 0 Å². The van der Waals surface area contributed by atoms with E-state index in [2.05, 4.69) is 10.6 Å². The van der Waals surface area contributed by atoms with Gasteiger partial charge in [-0.25, -0.2) is 4.79 Å². The molecule has 132 valence electrons. The molecule has 0 saturated heterocycles. The fourth-order valence-electron chi connectivity index (χ4n) is 2.55. The van der Waals surface area contributed by atoms with Gasteiger partial charge in [-0.15, -0.1) is 0 Å². The van der Waals surface area contributed by atoms with E-state index in [1.54, 1.807) is 60.7 Å². The van der Waals surface area contributed by atoms with Crippen LogP contribution in [0.3, 0.4) is 0 Å². The van der Waals surface area contributed by atoms with Crippen LogP contribution in [-0.2, 0) is 10.1 Å². The van der Waals surface area contributed by atoms with Crippen molar-refractivity contribution < 1.29 is 17.8 Å². The van der Waals surface area contributed by atoms with Crippen molar-refractivity contribution in [3.05, 3.63) is 78.9 Å². The maximum atomic E-state index is 12.3. The van der Waals surface area contributed by atoms with Crippen LogP contribution in [0.25, 0.3) is 11.1 Å². The summed E-state index contributed by atoms with van der Waals surface area (Å²) in [5, 5.41) is 5.41. The Morgan fingerprint density at radius 3 is 2.00 bits per heavy atom. The lowest BCUT2D eigenvalue weighted by Crippen LogP contribution is -2.19. The maximum Gasteiger partial charge on any atom is 0.323 e. The Kier molecular flexibility index (Phi) is 5.01. The van der Waals surface area contributed by atoms with Gasteiger partial charge < -0.3 is 10.6 Å². The van der Waals surface area contributed by atoms with Crippen molar-refractivity contribution in [3.8, 4) is 11.1 Å². The molecule has 3 N–H and O–H groups in total. The lowest BCUT2D eigenvalue weighted by atomic mass is 10.0. The van der Waals surface area contributed by atoms with Gasteiger partial charge in [-0.2, -0.15) is 8.42 Å². The summed E-state index contributed by atoms with van der Waals surface area (Å²) in [6, 6.07) is 21.3. The summed E-state index contributed by atoms with van der Waals surface area (Å²) in [7, 11) is -4.40. The van der Waals surface area contributed by atoms with Crippen molar-refractivity contribution in [1.29, 1.82) is 0 Å². The average molecular weight is 368 g/mol. The summed E-state index contributed by atoms with van der Waals surface area (Å²) < 4.78 is 32.8. The minimum absolute atomic E-state index is 0.224. The molecule has 0 radical (unpaired) electrons. The summed E-state index contributed by atoms with van der Waals surface area (Å²) >= 11 is 0. The molecule has 0 saturated carbocycles. The number of hydrogen-bond donors (Lipinski definition) is 3. The molecule has 3 aromatic carbocycles. The van der Waals surface area contributed by atoms with Crippen LogP contribution in [0.2, 0.25) is 0 Å². The number of anilines is 2. The molecule has 26 heavy (non-hydrogen) atoms. The van der Waals surface area contributed by atoms with Gasteiger partial charge in [0.25, 0.3) is 10.1 Å². The molecular weight excluding hydrogens is 352 g/mol. The summed E-state index contributed by atoms with van der Waals surface area (Å²) in [6.07, 6.45) is 0. The summed E-state index contributed by atoms with van der Waals surface area (Å²) in [5.74, 6) is 0. The third kappa shape index (κ3) is 4.08. The predicted octanol–water partition coefficient (Wildman–Crippen LogP) is 4.24. The molecule has 0 fully saturated rings. The average Bonchev–Trinajstić information content (AvgIpc) is 2.62. The van der Waals surface area contributed by atoms with Gasteiger partial charge in [-0.05, 0) is 24.3 Å². The van der Waals surface area contributed by atoms with Crippen molar-refractivity contribution in [2.45, 2.75) is 4.90 Å². The third-order valence-electron chi connectivity index (χ3n) is 3.66. The minimum Gasteiger partial charge on any atom is -0.308 e. The van der Waals surface area contributed by atoms with Crippen molar-refractivity contribution in [3.63, 3.8) is 0 Å². The van der Waals surface area contributed by atoms with Crippen LogP contribution < -0.4 is 10.6 Å². The number of nitrogens with one attached hydrogen (secondary N) is 2. The van der Waals surface area contributed by atoms with Crippen LogP contribution in [0.5, 0.6) is 0 Å². The van der Waals surface area contributed by atoms with Gasteiger partial charge in [0.05, 0.1) is 5.69 Å². The van der Waals surface area contributed by atoms with Crippen molar-refractivity contribution in [2.24, 2.45) is 0 Å². The number of benzene rings is 3. The van der Waals surface area contributed by atoms with Crippen LogP contribution in [0.15, 0.2) is 83.8 Å². The number of urea groups is 1. The van der Waals surface area contributed by atoms with E-state index in [-0.39, 0.29) is 4.90 Å². The normalized spacial score (nSPS) is 11.0. The van der Waals surface area contributed by atoms with E-state index < -0.39 is 16.1 Å². The minimum atomic E-state index is -4.40. The second kappa shape index (κ2) is 7.38. The topological polar surface area (TPSA) is 95.5 Å². The first-order chi connectivity index (χ1) is 12.4. The van der Waals surface area contributed by atoms with Crippen LogP contribution in [-0.4, -0.2) is 19.0 Å². The van der Waals surface area contributed by atoms with Gasteiger partial charge in [-0.1, -0.05) is 54.6 Å². The Bertz CT molecular complexity index is 1030. The molecule has 0 unspecified atom stereocenters. The highest BCUT2D eigenvalue weighted by Crippen LogP contribution is 2.32. The number of carbonyl (C=O) groups excluding carboxylic acids is 1. The van der Waals surface area contributed by atoms with Gasteiger partial charge in [0, 0.05) is 16.8 Å². The quantitative estimate of drug-likeness (QED) is 0.600. The predicted molar refractivity (Wildman–Crippen MR) is 101 cm³/mol. The zero-order valence-corrected chi connectivity index (χ0v) is 14.4. The molecule has 0 spiro atoms. The highest BCUT2D eigenvalue weighted by molar-refractivity contribution is 7.86. The van der Waals surface area contributed by atoms with E-state index in [1.807, 2.05) is 6.07 Å². The summed E-state index contributed by atoms with van der Waals surface area (Å²) in [5.41, 5.74) is 1.81. The first-order valence-electron chi connectivity index (χ1n) is 7.74. The molecule has 7 heteroatoms. The molecule has 2 amide bonds. The van der Waals surface area contributed by atoms with E-state index in [0.29, 0.717) is 22.5 Å². The van der Waals surface area contributed by atoms with E-state index >= 15 is 0 Å². The molecule has 3 aromatic rings. The van der Waals surface area contributed by atoms with Crippen LogP contribution >= 0.6 is 0 Å². The molecule has 6 nitrogen and oxygen atoms in total.